The lowest BCUT2D eigenvalue weighted by Gasteiger charge is -2.22. The van der Waals surface area contributed by atoms with Crippen molar-refractivity contribution in [2.75, 3.05) is 13.2 Å². The highest BCUT2D eigenvalue weighted by Gasteiger charge is 2.20. The molecule has 0 fully saturated rings. The molecule has 0 radical (unpaired) electrons. The number of nitrogens with one attached hydrogen (secondary N) is 1. The van der Waals surface area contributed by atoms with Gasteiger partial charge in [0, 0.05) is 12.8 Å². The third-order valence-electron chi connectivity index (χ3n) is 12.8. The lowest BCUT2D eigenvalue weighted by molar-refractivity contribution is -0.143. The van der Waals surface area contributed by atoms with Crippen molar-refractivity contribution in [1.82, 2.24) is 5.32 Å². The van der Waals surface area contributed by atoms with Crippen LogP contribution in [-0.2, 0) is 14.3 Å². The Bertz CT molecular complexity index is 909. The lowest BCUT2D eigenvalue weighted by atomic mass is 10.0. The average molecular weight is 862 g/mol. The van der Waals surface area contributed by atoms with E-state index in [4.69, 9.17) is 4.74 Å². The molecular formula is C55H107NO5. The van der Waals surface area contributed by atoms with Gasteiger partial charge >= 0.3 is 5.97 Å². The first kappa shape index (κ1) is 59.6. The molecule has 362 valence electrons. The second kappa shape index (κ2) is 51.2. The average Bonchev–Trinajstić information content (AvgIpc) is 3.26. The summed E-state index contributed by atoms with van der Waals surface area (Å²) in [5, 5.41) is 23.2. The van der Waals surface area contributed by atoms with Gasteiger partial charge in [-0.2, -0.15) is 0 Å². The van der Waals surface area contributed by atoms with Gasteiger partial charge in [-0.3, -0.25) is 9.59 Å². The van der Waals surface area contributed by atoms with E-state index in [2.05, 4.69) is 31.3 Å². The van der Waals surface area contributed by atoms with Crippen molar-refractivity contribution in [3.05, 3.63) is 12.2 Å². The molecular weight excluding hydrogens is 755 g/mol. The number of allylic oxidation sites excluding steroid dienone is 2. The molecule has 3 N–H and O–H groups in total. The molecule has 0 aliphatic heterocycles. The molecule has 0 spiro atoms. The Labute approximate surface area is 380 Å². The van der Waals surface area contributed by atoms with Crippen molar-refractivity contribution in [2.24, 2.45) is 0 Å². The number of rotatable bonds is 51. The summed E-state index contributed by atoms with van der Waals surface area (Å²) in [6, 6.07) is -0.551. The molecule has 0 saturated carbocycles. The fourth-order valence-electron chi connectivity index (χ4n) is 8.58. The van der Waals surface area contributed by atoms with Crippen molar-refractivity contribution >= 4 is 11.9 Å². The first-order chi connectivity index (χ1) is 30.0. The third kappa shape index (κ3) is 47.9. The smallest absolute Gasteiger partial charge is 0.305 e. The summed E-state index contributed by atoms with van der Waals surface area (Å²) < 4.78 is 5.46. The highest BCUT2D eigenvalue weighted by atomic mass is 16.5. The van der Waals surface area contributed by atoms with Gasteiger partial charge < -0.3 is 20.3 Å². The van der Waals surface area contributed by atoms with Crippen LogP contribution in [0.25, 0.3) is 0 Å². The largest absolute Gasteiger partial charge is 0.466 e. The Morgan fingerprint density at radius 2 is 0.770 bits per heavy atom. The molecule has 0 rings (SSSR count). The number of ether oxygens (including phenoxy) is 1. The number of hydrogen-bond acceptors (Lipinski definition) is 5. The summed E-state index contributed by atoms with van der Waals surface area (Å²) in [5.41, 5.74) is 0. The summed E-state index contributed by atoms with van der Waals surface area (Å²) in [6.07, 6.45) is 59.0. The zero-order valence-corrected chi connectivity index (χ0v) is 41.2. The third-order valence-corrected chi connectivity index (χ3v) is 12.8. The van der Waals surface area contributed by atoms with Crippen LogP contribution in [0.1, 0.15) is 303 Å². The van der Waals surface area contributed by atoms with Crippen LogP contribution in [0.4, 0.5) is 0 Å². The molecule has 1 amide bonds. The van der Waals surface area contributed by atoms with E-state index < -0.39 is 12.1 Å². The second-order valence-corrected chi connectivity index (χ2v) is 18.9. The number of amides is 1. The molecule has 0 aliphatic carbocycles. The van der Waals surface area contributed by atoms with Gasteiger partial charge in [0.15, 0.2) is 0 Å². The summed E-state index contributed by atoms with van der Waals surface area (Å²) in [6.45, 7) is 4.93. The van der Waals surface area contributed by atoms with Crippen LogP contribution in [0.5, 0.6) is 0 Å². The predicted molar refractivity (Wildman–Crippen MR) is 264 cm³/mol. The van der Waals surface area contributed by atoms with Crippen LogP contribution in [0.15, 0.2) is 12.2 Å². The van der Waals surface area contributed by atoms with Crippen LogP contribution in [0.2, 0.25) is 0 Å². The van der Waals surface area contributed by atoms with Crippen molar-refractivity contribution in [3.63, 3.8) is 0 Å². The quantitative estimate of drug-likeness (QED) is 0.0322. The lowest BCUT2D eigenvalue weighted by Crippen LogP contribution is -2.45. The number of hydrogen-bond donors (Lipinski definition) is 3. The van der Waals surface area contributed by atoms with E-state index in [1.54, 1.807) is 0 Å². The summed E-state index contributed by atoms with van der Waals surface area (Å²) >= 11 is 0. The molecule has 2 atom stereocenters. The topological polar surface area (TPSA) is 95.9 Å². The molecule has 0 heterocycles. The first-order valence-electron chi connectivity index (χ1n) is 27.4. The monoisotopic (exact) mass is 862 g/mol. The molecule has 0 aromatic rings. The molecule has 2 unspecified atom stereocenters. The van der Waals surface area contributed by atoms with E-state index in [1.807, 2.05) is 0 Å². The van der Waals surface area contributed by atoms with Crippen LogP contribution >= 0.6 is 0 Å². The molecule has 61 heavy (non-hydrogen) atoms. The zero-order valence-electron chi connectivity index (χ0n) is 41.2. The maximum absolute atomic E-state index is 12.5. The highest BCUT2D eigenvalue weighted by molar-refractivity contribution is 5.76. The maximum atomic E-state index is 12.5. The van der Waals surface area contributed by atoms with Gasteiger partial charge in [0.25, 0.3) is 0 Å². The molecule has 0 bridgehead atoms. The molecule has 0 aliphatic rings. The van der Waals surface area contributed by atoms with E-state index in [-0.39, 0.29) is 18.5 Å². The molecule has 0 aromatic carbocycles. The van der Waals surface area contributed by atoms with Gasteiger partial charge in [-0.1, -0.05) is 251 Å². The van der Waals surface area contributed by atoms with Crippen LogP contribution in [0.3, 0.4) is 0 Å². The predicted octanol–water partition coefficient (Wildman–Crippen LogP) is 16.5. The van der Waals surface area contributed by atoms with E-state index >= 15 is 0 Å². The fourth-order valence-corrected chi connectivity index (χ4v) is 8.58. The minimum absolute atomic E-state index is 0.00739. The Morgan fingerprint density at radius 3 is 1.16 bits per heavy atom. The van der Waals surface area contributed by atoms with Crippen molar-refractivity contribution in [3.8, 4) is 0 Å². The molecule has 6 nitrogen and oxygen atoms in total. The van der Waals surface area contributed by atoms with Gasteiger partial charge in [0.2, 0.25) is 5.91 Å². The van der Waals surface area contributed by atoms with Crippen molar-refractivity contribution in [1.29, 1.82) is 0 Å². The van der Waals surface area contributed by atoms with Gasteiger partial charge in [-0.15, -0.1) is 0 Å². The minimum Gasteiger partial charge on any atom is -0.466 e. The first-order valence-corrected chi connectivity index (χ1v) is 27.4. The Morgan fingerprint density at radius 1 is 0.443 bits per heavy atom. The number of carbonyl (C=O) groups excluding carboxylic acids is 2. The van der Waals surface area contributed by atoms with E-state index in [9.17, 15) is 19.8 Å². The summed E-state index contributed by atoms with van der Waals surface area (Å²) in [7, 11) is 0. The van der Waals surface area contributed by atoms with Gasteiger partial charge in [0.05, 0.1) is 25.4 Å². The van der Waals surface area contributed by atoms with Crippen molar-refractivity contribution < 1.29 is 24.5 Å². The number of unbranched alkanes of at least 4 members (excludes halogenated alkanes) is 38. The Kier molecular flexibility index (Phi) is 50.1. The SMILES string of the molecule is CCCCCCCCCCCCCCCCCC(O)C(CO)NC(=O)CCCCCCCCC/C=C\CCCCCCOC(=O)CCCCCCCCCCCCCCCC. The standard InChI is InChI=1S/C55H107NO5/c1-3-5-7-9-11-13-15-17-20-23-27-31-35-39-43-47-53(58)52(51-57)56-54(59)48-44-40-36-32-28-24-21-19-22-26-30-34-38-42-46-50-61-55(60)49-45-41-37-33-29-25-18-16-14-12-10-8-6-4-2/h22,26,52-53,57-58H,3-21,23-25,27-51H2,1-2H3,(H,56,59)/b26-22-. The number of aliphatic hydroxyl groups is 2. The van der Waals surface area contributed by atoms with Gasteiger partial charge in [-0.25, -0.2) is 0 Å². The van der Waals surface area contributed by atoms with E-state index in [0.29, 0.717) is 25.9 Å². The molecule has 6 heteroatoms. The van der Waals surface area contributed by atoms with E-state index in [0.717, 1.165) is 70.6 Å². The zero-order chi connectivity index (χ0) is 44.4. The van der Waals surface area contributed by atoms with Crippen LogP contribution in [0, 0.1) is 0 Å². The summed E-state index contributed by atoms with van der Waals surface area (Å²) in [4.78, 5) is 24.5. The highest BCUT2D eigenvalue weighted by Crippen LogP contribution is 2.17. The normalized spacial score (nSPS) is 12.7. The Hall–Kier alpha value is -1.40. The second-order valence-electron chi connectivity index (χ2n) is 18.9. The van der Waals surface area contributed by atoms with E-state index in [1.165, 1.54) is 199 Å². The summed E-state index contributed by atoms with van der Waals surface area (Å²) in [5.74, 6) is -0.0559. The van der Waals surface area contributed by atoms with Crippen molar-refractivity contribution in [2.45, 2.75) is 315 Å². The van der Waals surface area contributed by atoms with Gasteiger partial charge in [-0.05, 0) is 51.4 Å². The van der Waals surface area contributed by atoms with Crippen LogP contribution in [-0.4, -0.2) is 47.4 Å². The minimum atomic E-state index is -0.673. The van der Waals surface area contributed by atoms with Crippen LogP contribution < -0.4 is 5.32 Å². The number of esters is 1. The molecule has 0 aromatic heterocycles. The number of aliphatic hydroxyl groups excluding tert-OH is 2. The van der Waals surface area contributed by atoms with Gasteiger partial charge in [0.1, 0.15) is 0 Å². The maximum Gasteiger partial charge on any atom is 0.305 e. The number of carbonyl (C=O) groups is 2. The Balaban J connectivity index is 3.46. The molecule has 0 saturated heterocycles. The fraction of sp³-hybridized carbons (Fsp3) is 0.927.